The number of carbonyl (C=O) groups is 2. The van der Waals surface area contributed by atoms with Crippen LogP contribution in [0.3, 0.4) is 0 Å². The summed E-state index contributed by atoms with van der Waals surface area (Å²) in [5.74, 6) is -19.0. The van der Waals surface area contributed by atoms with E-state index in [1.807, 2.05) is 0 Å². The molecule has 0 amide bonds. The van der Waals surface area contributed by atoms with Gasteiger partial charge in [0.15, 0.2) is 11.6 Å². The van der Waals surface area contributed by atoms with Gasteiger partial charge in [-0.1, -0.05) is 31.2 Å². The van der Waals surface area contributed by atoms with Crippen molar-refractivity contribution >= 4 is 11.6 Å². The van der Waals surface area contributed by atoms with E-state index >= 15 is 0 Å². The van der Waals surface area contributed by atoms with Crippen LogP contribution < -0.4 is 4.74 Å². The molecule has 2 atom stereocenters. The van der Waals surface area contributed by atoms with Gasteiger partial charge in [0.05, 0.1) is 0 Å². The lowest BCUT2D eigenvalue weighted by Crippen LogP contribution is -2.66. The summed E-state index contributed by atoms with van der Waals surface area (Å²) in [7, 11) is 0. The Morgan fingerprint density at radius 1 is 0.723 bits per heavy atom. The molecule has 0 aliphatic carbocycles. The molecule has 0 aromatic heterocycles. The van der Waals surface area contributed by atoms with Crippen LogP contribution in [0.1, 0.15) is 45.7 Å². The van der Waals surface area contributed by atoms with Gasteiger partial charge in [-0.3, -0.25) is 19.1 Å². The van der Waals surface area contributed by atoms with Gasteiger partial charge in [-0.05, 0) is 42.7 Å². The van der Waals surface area contributed by atoms with Gasteiger partial charge in [0.25, 0.3) is 0 Å². The fraction of sp³-hybridized carbons (Fsp3) is 0.462. The number of carbonyl (C=O) groups excluding carboxylic acids is 2. The molecule has 0 aliphatic heterocycles. The van der Waals surface area contributed by atoms with E-state index in [-0.39, 0.29) is 0 Å². The highest BCUT2D eigenvalue weighted by Gasteiger charge is 2.84. The number of aryl methyl sites for hydroxylation is 1. The molecule has 2 unspecified atom stereocenters. The monoisotopic (exact) mass is 714 g/mol. The quantitative estimate of drug-likeness (QED) is 0.145. The first-order valence-corrected chi connectivity index (χ1v) is 12.3. The Kier molecular flexibility index (Phi) is 11.0. The van der Waals surface area contributed by atoms with Crippen LogP contribution in [-0.2, 0) is 22.3 Å². The van der Waals surface area contributed by atoms with E-state index in [4.69, 9.17) is 0 Å². The molecule has 2 rings (SSSR count). The number of alkyl halides is 16. The highest BCUT2D eigenvalue weighted by Crippen LogP contribution is 2.55. The van der Waals surface area contributed by atoms with Crippen molar-refractivity contribution < 1.29 is 94.0 Å². The van der Waals surface area contributed by atoms with Crippen LogP contribution in [0.5, 0.6) is 5.75 Å². The first-order valence-electron chi connectivity index (χ1n) is 12.3. The van der Waals surface area contributed by atoms with Gasteiger partial charge in [0.1, 0.15) is 5.75 Å². The van der Waals surface area contributed by atoms with Gasteiger partial charge < -0.3 is 4.74 Å². The molecule has 0 aliphatic rings. The number of benzene rings is 2. The third-order valence-corrected chi connectivity index (χ3v) is 5.90. The van der Waals surface area contributed by atoms with Crippen LogP contribution in [0, 0.1) is 0 Å². The molecule has 0 saturated heterocycles. The number of ketones is 2. The molecule has 0 bridgehead atoms. The molecule has 0 N–H and O–H groups in total. The van der Waals surface area contributed by atoms with E-state index in [0.717, 1.165) is 18.6 Å². The summed E-state index contributed by atoms with van der Waals surface area (Å²) < 4.78 is 221. The molecular formula is C26H18F16O5. The lowest BCUT2D eigenvalue weighted by atomic mass is 9.98. The van der Waals surface area contributed by atoms with Crippen molar-refractivity contribution in [2.24, 2.45) is 0 Å². The van der Waals surface area contributed by atoms with Crippen LogP contribution in [0.2, 0.25) is 0 Å². The summed E-state index contributed by atoms with van der Waals surface area (Å²) in [6.07, 6.45) is -42.1. The Morgan fingerprint density at radius 3 is 1.74 bits per heavy atom. The summed E-state index contributed by atoms with van der Waals surface area (Å²) in [4.78, 5) is 24.6. The van der Waals surface area contributed by atoms with Crippen LogP contribution >= 0.6 is 0 Å². The largest absolute Gasteiger partial charge is 0.462 e. The Bertz CT molecular complexity index is 1450. The summed E-state index contributed by atoms with van der Waals surface area (Å²) in [5, 5.41) is 0. The zero-order valence-corrected chi connectivity index (χ0v) is 23.1. The molecule has 0 radical (unpaired) electrons. The predicted molar refractivity (Wildman–Crippen MR) is 124 cm³/mol. The molecule has 2 aromatic rings. The highest BCUT2D eigenvalue weighted by molar-refractivity contribution is 6.02. The lowest BCUT2D eigenvalue weighted by molar-refractivity contribution is -0.543. The lowest BCUT2D eigenvalue weighted by Gasteiger charge is -2.38. The zero-order valence-electron chi connectivity index (χ0n) is 23.1. The zero-order chi connectivity index (χ0) is 36.6. The number of hydrogen-bond donors (Lipinski definition) is 0. The van der Waals surface area contributed by atoms with E-state index in [2.05, 4.69) is 9.47 Å². The minimum absolute atomic E-state index is 0.341. The molecule has 21 heteroatoms. The van der Waals surface area contributed by atoms with Gasteiger partial charge in [-0.2, -0.15) is 65.9 Å². The molecule has 0 spiro atoms. The maximum absolute atomic E-state index is 14.4. The third kappa shape index (κ3) is 8.46. The summed E-state index contributed by atoms with van der Waals surface area (Å²) >= 11 is 0. The Morgan fingerprint density at radius 2 is 1.26 bits per heavy atom. The average molecular weight is 714 g/mol. The summed E-state index contributed by atoms with van der Waals surface area (Å²) in [6, 6.07) is 7.82. The minimum atomic E-state index is -7.85. The second-order valence-electron chi connectivity index (χ2n) is 9.47. The molecular weight excluding hydrogens is 696 g/mol. The van der Waals surface area contributed by atoms with Gasteiger partial charge in [0.2, 0.25) is 0 Å². The predicted octanol–water partition coefficient (Wildman–Crippen LogP) is 8.79. The molecule has 0 fully saturated rings. The third-order valence-electron chi connectivity index (χ3n) is 5.90. The van der Waals surface area contributed by atoms with Crippen molar-refractivity contribution in [3.8, 4) is 5.75 Å². The smallest absolute Gasteiger partial charge is 0.428 e. The first kappa shape index (κ1) is 39.6. The minimum Gasteiger partial charge on any atom is -0.428 e. The van der Waals surface area contributed by atoms with E-state index in [1.165, 1.54) is 10.8 Å². The fourth-order valence-corrected chi connectivity index (χ4v) is 3.44. The van der Waals surface area contributed by atoms with E-state index in [0.29, 0.717) is 24.1 Å². The topological polar surface area (TPSA) is 61.8 Å². The van der Waals surface area contributed by atoms with Crippen LogP contribution in [0.15, 0.2) is 42.5 Å². The van der Waals surface area contributed by atoms with Crippen molar-refractivity contribution in [3.63, 3.8) is 0 Å². The Balaban J connectivity index is 2.43. The number of halogens is 16. The molecule has 5 nitrogen and oxygen atoms in total. The van der Waals surface area contributed by atoms with Crippen LogP contribution in [0.25, 0.3) is 0 Å². The maximum Gasteiger partial charge on any atom is 0.462 e. The van der Waals surface area contributed by atoms with Crippen molar-refractivity contribution in [2.45, 2.75) is 75.5 Å². The summed E-state index contributed by atoms with van der Waals surface area (Å²) in [5.41, 5.74) is -0.0944. The number of hydrogen-bond acceptors (Lipinski definition) is 5. The Labute approximate surface area is 252 Å². The van der Waals surface area contributed by atoms with Crippen molar-refractivity contribution in [1.29, 1.82) is 0 Å². The van der Waals surface area contributed by atoms with Gasteiger partial charge in [-0.25, -0.2) is 4.39 Å². The van der Waals surface area contributed by atoms with E-state index < -0.39 is 83.7 Å². The van der Waals surface area contributed by atoms with Crippen molar-refractivity contribution in [2.75, 3.05) is 0 Å². The second kappa shape index (κ2) is 13.1. The number of rotatable bonds is 14. The molecule has 47 heavy (non-hydrogen) atoms. The average Bonchev–Trinajstić information content (AvgIpc) is 2.90. The summed E-state index contributed by atoms with van der Waals surface area (Å²) in [6.45, 7) is 2.58. The van der Waals surface area contributed by atoms with Crippen LogP contribution in [-0.4, -0.2) is 60.4 Å². The maximum atomic E-state index is 14.4. The van der Waals surface area contributed by atoms with Gasteiger partial charge in [-0.15, -0.1) is 0 Å². The molecule has 2 aromatic carbocycles. The number of Topliss-reactive ketones (excluding diaryl/α,β-unsaturated/α-hetero) is 2. The SMILES string of the molecule is CCc1cccc(CC(=O)c2cc(OC(F)(F)C(F)OC(F)(F)C(F)(OC(F)(F)C(F)(F)C(F)(F)F)C(F)(F)F)cc(C(C)=O)c2)c1. The van der Waals surface area contributed by atoms with Gasteiger partial charge in [0, 0.05) is 17.5 Å². The second-order valence-corrected chi connectivity index (χ2v) is 9.47. The van der Waals surface area contributed by atoms with E-state index in [9.17, 15) is 79.8 Å². The van der Waals surface area contributed by atoms with E-state index in [1.54, 1.807) is 25.1 Å². The standard InChI is InChI=1S/C26H18F16O5/c1-3-13-5-4-6-14(7-13)8-18(44)16-9-15(12(2)43)10-17(11-16)45-20(28,29)19(27)46-26(41,42)22(32,24(36,37)38)47-25(39,40)21(30,31)23(33,34)35/h4-7,9-11,19H,3,8H2,1-2H3. The number of ether oxygens (including phenoxy) is 3. The molecule has 0 heterocycles. The highest BCUT2D eigenvalue weighted by atomic mass is 19.4. The fourth-order valence-electron chi connectivity index (χ4n) is 3.44. The Hall–Kier alpha value is -3.62. The molecule has 264 valence electrons. The normalized spacial score (nSPS) is 15.6. The van der Waals surface area contributed by atoms with Crippen molar-refractivity contribution in [1.82, 2.24) is 0 Å². The van der Waals surface area contributed by atoms with Crippen LogP contribution in [0.4, 0.5) is 70.2 Å². The molecule has 0 saturated carbocycles. The first-order chi connectivity index (χ1) is 21.0. The van der Waals surface area contributed by atoms with Crippen molar-refractivity contribution in [3.05, 3.63) is 64.7 Å². The van der Waals surface area contributed by atoms with Gasteiger partial charge >= 0.3 is 48.8 Å².